The van der Waals surface area contributed by atoms with Crippen LogP contribution in [0.3, 0.4) is 0 Å². The van der Waals surface area contributed by atoms with E-state index in [0.29, 0.717) is 5.92 Å². The Morgan fingerprint density at radius 1 is 1.47 bits per heavy atom. The minimum atomic E-state index is -0.572. The fraction of sp³-hybridized carbons (Fsp3) is 0.750. The van der Waals surface area contributed by atoms with Crippen molar-refractivity contribution in [3.05, 3.63) is 10.8 Å². The molecule has 4 heterocycles. The fourth-order valence-electron chi connectivity index (χ4n) is 3.29. The molecule has 4 rings (SSSR count). The van der Waals surface area contributed by atoms with Crippen LogP contribution < -0.4 is 0 Å². The maximum Gasteiger partial charge on any atom is 0.320 e. The normalized spacial score (nSPS) is 32.7. The number of aryl methyl sites for hydroxylation is 1. The Kier molecular flexibility index (Phi) is 4.13. The van der Waals surface area contributed by atoms with E-state index in [9.17, 15) is 4.79 Å². The second kappa shape index (κ2) is 5.34. The standard InChI is InChI=1S/C12H17N3O2S.ClH/c1-8-13-10(18-14-8)12(11(16)17-2)7-15-5-3-9(12)4-6-15;/h9H,3-7H2,1-2H3;1H. The van der Waals surface area contributed by atoms with Crippen LogP contribution in [-0.2, 0) is 14.9 Å². The van der Waals surface area contributed by atoms with Crippen LogP contribution in [0.25, 0.3) is 0 Å². The van der Waals surface area contributed by atoms with E-state index in [-0.39, 0.29) is 18.4 Å². The molecule has 3 saturated heterocycles. The van der Waals surface area contributed by atoms with Gasteiger partial charge in [-0.25, -0.2) is 4.98 Å². The number of fused-ring (bicyclic) bond motifs is 3. The summed E-state index contributed by atoms with van der Waals surface area (Å²) in [6.07, 6.45) is 2.10. The number of carbonyl (C=O) groups is 1. The van der Waals surface area contributed by atoms with Gasteiger partial charge in [-0.2, -0.15) is 4.37 Å². The van der Waals surface area contributed by atoms with Crippen molar-refractivity contribution in [3.63, 3.8) is 0 Å². The number of methoxy groups -OCH3 is 1. The van der Waals surface area contributed by atoms with Crippen LogP contribution in [0.5, 0.6) is 0 Å². The first-order valence-electron chi connectivity index (χ1n) is 6.28. The summed E-state index contributed by atoms with van der Waals surface area (Å²) < 4.78 is 9.32. The molecule has 0 aliphatic carbocycles. The molecule has 0 N–H and O–H groups in total. The molecule has 2 bridgehead atoms. The van der Waals surface area contributed by atoms with Gasteiger partial charge >= 0.3 is 5.97 Å². The van der Waals surface area contributed by atoms with E-state index < -0.39 is 5.41 Å². The molecule has 3 fully saturated rings. The van der Waals surface area contributed by atoms with Gasteiger partial charge in [0.05, 0.1) is 7.11 Å². The molecular weight excluding hydrogens is 286 g/mol. The van der Waals surface area contributed by atoms with Crippen LogP contribution in [0.15, 0.2) is 0 Å². The molecule has 0 aromatic carbocycles. The first-order chi connectivity index (χ1) is 8.66. The van der Waals surface area contributed by atoms with E-state index in [0.717, 1.165) is 43.3 Å². The number of hydrogen-bond acceptors (Lipinski definition) is 6. The van der Waals surface area contributed by atoms with Gasteiger partial charge in [0.25, 0.3) is 0 Å². The molecule has 0 amide bonds. The van der Waals surface area contributed by atoms with Gasteiger partial charge in [0.2, 0.25) is 0 Å². The molecule has 106 valence electrons. The van der Waals surface area contributed by atoms with Gasteiger partial charge in [-0.1, -0.05) is 0 Å². The Balaban J connectivity index is 0.00000133. The van der Waals surface area contributed by atoms with Crippen LogP contribution in [-0.4, -0.2) is 47.0 Å². The van der Waals surface area contributed by atoms with Crippen LogP contribution in [0.4, 0.5) is 0 Å². The van der Waals surface area contributed by atoms with Crippen molar-refractivity contribution in [1.82, 2.24) is 14.3 Å². The molecule has 1 aromatic heterocycles. The second-order valence-electron chi connectivity index (χ2n) is 5.16. The third kappa shape index (κ3) is 2.15. The van der Waals surface area contributed by atoms with Gasteiger partial charge in [0.1, 0.15) is 16.2 Å². The van der Waals surface area contributed by atoms with E-state index in [1.807, 2.05) is 6.92 Å². The summed E-state index contributed by atoms with van der Waals surface area (Å²) in [6.45, 7) is 4.77. The van der Waals surface area contributed by atoms with Gasteiger partial charge < -0.3 is 9.64 Å². The smallest absolute Gasteiger partial charge is 0.320 e. The zero-order valence-electron chi connectivity index (χ0n) is 11.1. The molecule has 3 aliphatic heterocycles. The number of ether oxygens (including phenoxy) is 1. The van der Waals surface area contributed by atoms with Gasteiger partial charge in [0.15, 0.2) is 0 Å². The summed E-state index contributed by atoms with van der Waals surface area (Å²) >= 11 is 1.35. The summed E-state index contributed by atoms with van der Waals surface area (Å²) in [4.78, 5) is 19.2. The number of aromatic nitrogens is 2. The predicted octanol–water partition coefficient (Wildman–Crippen LogP) is 1.40. The first kappa shape index (κ1) is 14.7. The fourth-order valence-corrected chi connectivity index (χ4v) is 4.20. The molecule has 5 nitrogen and oxygen atoms in total. The Labute approximate surface area is 122 Å². The monoisotopic (exact) mass is 303 g/mol. The molecular formula is C12H18ClN3O2S. The highest BCUT2D eigenvalue weighted by Crippen LogP contribution is 2.45. The average Bonchev–Trinajstić information content (AvgIpc) is 2.86. The van der Waals surface area contributed by atoms with E-state index in [2.05, 4.69) is 14.3 Å². The Morgan fingerprint density at radius 2 is 2.16 bits per heavy atom. The second-order valence-corrected chi connectivity index (χ2v) is 5.91. The number of rotatable bonds is 2. The highest BCUT2D eigenvalue weighted by atomic mass is 35.5. The molecule has 0 saturated carbocycles. The number of piperidine rings is 3. The van der Waals surface area contributed by atoms with Gasteiger partial charge in [-0.3, -0.25) is 4.79 Å². The Bertz CT molecular complexity index is 473. The first-order valence-corrected chi connectivity index (χ1v) is 7.05. The quantitative estimate of drug-likeness (QED) is 0.773. The van der Waals surface area contributed by atoms with E-state index >= 15 is 0 Å². The average molecular weight is 304 g/mol. The third-order valence-corrected chi connectivity index (χ3v) is 5.20. The number of hydrogen-bond donors (Lipinski definition) is 0. The lowest BCUT2D eigenvalue weighted by Gasteiger charge is -2.50. The molecule has 1 atom stereocenters. The van der Waals surface area contributed by atoms with Crippen molar-refractivity contribution in [2.75, 3.05) is 26.7 Å². The van der Waals surface area contributed by atoms with Crippen molar-refractivity contribution in [2.24, 2.45) is 5.92 Å². The number of nitrogens with zero attached hydrogens (tertiary/aromatic N) is 3. The van der Waals surface area contributed by atoms with Crippen LogP contribution in [0.1, 0.15) is 23.7 Å². The Hall–Kier alpha value is -0.720. The summed E-state index contributed by atoms with van der Waals surface area (Å²) in [5, 5.41) is 0.834. The van der Waals surface area contributed by atoms with Crippen molar-refractivity contribution in [2.45, 2.75) is 25.2 Å². The molecule has 19 heavy (non-hydrogen) atoms. The van der Waals surface area contributed by atoms with Gasteiger partial charge in [-0.05, 0) is 50.3 Å². The van der Waals surface area contributed by atoms with E-state index in [4.69, 9.17) is 4.74 Å². The lowest BCUT2D eigenvalue weighted by atomic mass is 9.67. The van der Waals surface area contributed by atoms with Gasteiger partial charge in [0, 0.05) is 6.54 Å². The topological polar surface area (TPSA) is 55.3 Å². The minimum absolute atomic E-state index is 0. The number of esters is 1. The maximum absolute atomic E-state index is 12.4. The lowest BCUT2D eigenvalue weighted by Crippen LogP contribution is -2.61. The highest BCUT2D eigenvalue weighted by molar-refractivity contribution is 7.05. The molecule has 1 aromatic rings. The SMILES string of the molecule is COC(=O)C1(c2nc(C)ns2)CN2CCC1CC2.Cl. The summed E-state index contributed by atoms with van der Waals surface area (Å²) in [7, 11) is 1.47. The largest absolute Gasteiger partial charge is 0.468 e. The summed E-state index contributed by atoms with van der Waals surface area (Å²) in [5.41, 5.74) is -0.572. The molecule has 7 heteroatoms. The molecule has 0 radical (unpaired) electrons. The summed E-state index contributed by atoms with van der Waals surface area (Å²) in [6, 6.07) is 0. The minimum Gasteiger partial charge on any atom is -0.468 e. The molecule has 0 spiro atoms. The van der Waals surface area contributed by atoms with Crippen molar-refractivity contribution >= 4 is 29.9 Å². The summed E-state index contributed by atoms with van der Waals surface area (Å²) in [5.74, 6) is 0.949. The van der Waals surface area contributed by atoms with Crippen LogP contribution in [0, 0.1) is 12.8 Å². The zero-order valence-corrected chi connectivity index (χ0v) is 12.7. The van der Waals surface area contributed by atoms with Gasteiger partial charge in [-0.15, -0.1) is 12.4 Å². The Morgan fingerprint density at radius 3 is 2.58 bits per heavy atom. The van der Waals surface area contributed by atoms with Crippen LogP contribution >= 0.6 is 23.9 Å². The number of halogens is 1. The molecule has 1 unspecified atom stereocenters. The number of carbonyl (C=O) groups excluding carboxylic acids is 1. The van der Waals surface area contributed by atoms with E-state index in [1.165, 1.54) is 18.6 Å². The maximum atomic E-state index is 12.4. The van der Waals surface area contributed by atoms with Crippen LogP contribution in [0.2, 0.25) is 0 Å². The van der Waals surface area contributed by atoms with Crippen molar-refractivity contribution < 1.29 is 9.53 Å². The highest BCUT2D eigenvalue weighted by Gasteiger charge is 2.56. The lowest BCUT2D eigenvalue weighted by molar-refractivity contribution is -0.156. The van der Waals surface area contributed by atoms with Crippen molar-refractivity contribution in [1.29, 1.82) is 0 Å². The predicted molar refractivity (Wildman–Crippen MR) is 74.8 cm³/mol. The molecule has 3 aliphatic rings. The zero-order chi connectivity index (χ0) is 12.8. The van der Waals surface area contributed by atoms with E-state index in [1.54, 1.807) is 0 Å². The third-order valence-electron chi connectivity index (χ3n) is 4.22. The van der Waals surface area contributed by atoms with Crippen molar-refractivity contribution in [3.8, 4) is 0 Å².